The zero-order chi connectivity index (χ0) is 16.2. The van der Waals surface area contributed by atoms with E-state index in [1.54, 1.807) is 6.92 Å². The fraction of sp³-hybridized carbons (Fsp3) is 0.786. The third kappa shape index (κ3) is 4.09. The topological polar surface area (TPSA) is 113 Å². The zero-order valence-corrected chi connectivity index (χ0v) is 12.9. The van der Waals surface area contributed by atoms with Crippen LogP contribution in [0.4, 0.5) is 4.79 Å². The molecule has 4 N–H and O–H groups in total. The van der Waals surface area contributed by atoms with Gasteiger partial charge in [-0.1, -0.05) is 13.8 Å². The second-order valence-corrected chi connectivity index (χ2v) is 6.22. The Morgan fingerprint density at radius 3 is 2.43 bits per heavy atom. The quantitative estimate of drug-likeness (QED) is 0.700. The Bertz CT molecular complexity index is 424. The van der Waals surface area contributed by atoms with Gasteiger partial charge in [0.05, 0.1) is 0 Å². The Balaban J connectivity index is 2.99. The number of urea groups is 1. The summed E-state index contributed by atoms with van der Waals surface area (Å²) in [6, 6.07) is -1.55. The number of carboxylic acids is 1. The Morgan fingerprint density at radius 1 is 1.33 bits per heavy atom. The summed E-state index contributed by atoms with van der Waals surface area (Å²) in [6.07, 6.45) is 2.37. The molecule has 1 aliphatic heterocycles. The first-order valence-electron chi connectivity index (χ1n) is 7.29. The van der Waals surface area contributed by atoms with Crippen LogP contribution in [0.5, 0.6) is 0 Å². The molecule has 1 rings (SSSR count). The molecule has 0 aromatic heterocycles. The molecule has 0 aromatic rings. The van der Waals surface area contributed by atoms with Gasteiger partial charge in [0.15, 0.2) is 0 Å². The van der Waals surface area contributed by atoms with Crippen molar-refractivity contribution in [1.29, 1.82) is 0 Å². The van der Waals surface area contributed by atoms with E-state index in [1.165, 1.54) is 4.90 Å². The molecule has 0 aromatic carbocycles. The van der Waals surface area contributed by atoms with E-state index in [0.29, 0.717) is 19.4 Å². The molecule has 7 nitrogen and oxygen atoms in total. The maximum Gasteiger partial charge on any atom is 0.329 e. The highest BCUT2D eigenvalue weighted by Gasteiger charge is 2.45. The molecule has 2 unspecified atom stereocenters. The van der Waals surface area contributed by atoms with Crippen molar-refractivity contribution in [2.45, 2.75) is 58.0 Å². The second kappa shape index (κ2) is 6.78. The van der Waals surface area contributed by atoms with E-state index >= 15 is 0 Å². The Labute approximate surface area is 124 Å². The lowest BCUT2D eigenvalue weighted by Gasteiger charge is -2.43. The lowest BCUT2D eigenvalue weighted by molar-refractivity contribution is -0.161. The summed E-state index contributed by atoms with van der Waals surface area (Å²) < 4.78 is 0. The SMILES string of the molecule is CC(C)CC(NC(N)=O)C(=O)N1CCCCC1(C)C(=O)O. The first-order chi connectivity index (χ1) is 9.68. The van der Waals surface area contributed by atoms with Gasteiger partial charge in [-0.2, -0.15) is 0 Å². The Kier molecular flexibility index (Phi) is 5.57. The lowest BCUT2D eigenvalue weighted by Crippen LogP contribution is -2.62. The average molecular weight is 299 g/mol. The number of hydrogen-bond acceptors (Lipinski definition) is 3. The van der Waals surface area contributed by atoms with Gasteiger partial charge in [0.25, 0.3) is 0 Å². The molecular formula is C14H25N3O4. The van der Waals surface area contributed by atoms with Crippen molar-refractivity contribution in [1.82, 2.24) is 10.2 Å². The fourth-order valence-electron chi connectivity index (χ4n) is 2.75. The highest BCUT2D eigenvalue weighted by atomic mass is 16.4. The van der Waals surface area contributed by atoms with Gasteiger partial charge < -0.3 is 21.1 Å². The van der Waals surface area contributed by atoms with E-state index < -0.39 is 23.6 Å². The summed E-state index contributed by atoms with van der Waals surface area (Å²) in [7, 11) is 0. The molecule has 21 heavy (non-hydrogen) atoms. The second-order valence-electron chi connectivity index (χ2n) is 6.22. The number of nitrogens with two attached hydrogens (primary N) is 1. The van der Waals surface area contributed by atoms with Crippen molar-refractivity contribution in [3.05, 3.63) is 0 Å². The maximum atomic E-state index is 12.7. The number of likely N-dealkylation sites (tertiary alicyclic amines) is 1. The maximum absolute atomic E-state index is 12.7. The number of hydrogen-bond donors (Lipinski definition) is 3. The van der Waals surface area contributed by atoms with Gasteiger partial charge in [-0.25, -0.2) is 9.59 Å². The van der Waals surface area contributed by atoms with Crippen LogP contribution in [-0.4, -0.2) is 46.0 Å². The van der Waals surface area contributed by atoms with Crippen molar-refractivity contribution in [3.8, 4) is 0 Å². The predicted octanol–water partition coefficient (Wildman–Crippen LogP) is 0.925. The third-order valence-electron chi connectivity index (χ3n) is 3.94. The molecule has 7 heteroatoms. The van der Waals surface area contributed by atoms with Gasteiger partial charge in [-0.05, 0) is 38.5 Å². The molecule has 0 spiro atoms. The van der Waals surface area contributed by atoms with E-state index in [9.17, 15) is 19.5 Å². The highest BCUT2D eigenvalue weighted by molar-refractivity contribution is 5.91. The zero-order valence-electron chi connectivity index (χ0n) is 12.9. The largest absolute Gasteiger partial charge is 0.480 e. The number of nitrogens with zero attached hydrogens (tertiary/aromatic N) is 1. The van der Waals surface area contributed by atoms with E-state index in [4.69, 9.17) is 5.73 Å². The number of piperidine rings is 1. The van der Waals surface area contributed by atoms with Crippen LogP contribution in [0.25, 0.3) is 0 Å². The first kappa shape index (κ1) is 17.3. The Morgan fingerprint density at radius 2 is 1.95 bits per heavy atom. The summed E-state index contributed by atoms with van der Waals surface area (Å²) in [6.45, 7) is 5.80. The Hall–Kier alpha value is -1.79. The van der Waals surface area contributed by atoms with Gasteiger partial charge in [-0.3, -0.25) is 4.79 Å². The summed E-state index contributed by atoms with van der Waals surface area (Å²) >= 11 is 0. The minimum atomic E-state index is -1.22. The van der Waals surface area contributed by atoms with Gasteiger partial charge >= 0.3 is 12.0 Å². The van der Waals surface area contributed by atoms with Crippen LogP contribution >= 0.6 is 0 Å². The third-order valence-corrected chi connectivity index (χ3v) is 3.94. The van der Waals surface area contributed by atoms with Crippen LogP contribution in [0.15, 0.2) is 0 Å². The predicted molar refractivity (Wildman–Crippen MR) is 77.6 cm³/mol. The summed E-state index contributed by atoms with van der Waals surface area (Å²) in [4.78, 5) is 36.7. The number of amides is 3. The standard InChI is InChI=1S/C14H25N3O4/c1-9(2)8-10(16-13(15)21)11(18)17-7-5-4-6-14(17,3)12(19)20/h9-10H,4-8H2,1-3H3,(H,19,20)(H3,15,16,21). The summed E-state index contributed by atoms with van der Waals surface area (Å²) in [5, 5.41) is 11.9. The molecule has 0 saturated carbocycles. The number of carbonyl (C=O) groups excluding carboxylic acids is 2. The monoisotopic (exact) mass is 299 g/mol. The minimum absolute atomic E-state index is 0.173. The van der Waals surface area contributed by atoms with Crippen LogP contribution in [0.2, 0.25) is 0 Å². The van der Waals surface area contributed by atoms with Gasteiger partial charge in [0, 0.05) is 6.54 Å². The van der Waals surface area contributed by atoms with E-state index in [-0.39, 0.29) is 11.8 Å². The van der Waals surface area contributed by atoms with Crippen LogP contribution in [0, 0.1) is 5.92 Å². The van der Waals surface area contributed by atoms with Crippen molar-refractivity contribution >= 4 is 17.9 Å². The summed E-state index contributed by atoms with van der Waals surface area (Å²) in [5.41, 5.74) is 3.91. The normalized spacial score (nSPS) is 23.7. The highest BCUT2D eigenvalue weighted by Crippen LogP contribution is 2.29. The molecule has 0 bridgehead atoms. The van der Waals surface area contributed by atoms with Crippen LogP contribution in [-0.2, 0) is 9.59 Å². The smallest absolute Gasteiger partial charge is 0.329 e. The number of rotatable bonds is 5. The van der Waals surface area contributed by atoms with E-state index in [0.717, 1.165) is 12.8 Å². The number of nitrogens with one attached hydrogen (secondary N) is 1. The van der Waals surface area contributed by atoms with Crippen molar-refractivity contribution < 1.29 is 19.5 Å². The molecule has 3 amide bonds. The first-order valence-corrected chi connectivity index (χ1v) is 7.29. The van der Waals surface area contributed by atoms with Crippen LogP contribution < -0.4 is 11.1 Å². The molecule has 0 radical (unpaired) electrons. The van der Waals surface area contributed by atoms with Crippen LogP contribution in [0.1, 0.15) is 46.5 Å². The van der Waals surface area contributed by atoms with Crippen molar-refractivity contribution in [2.75, 3.05) is 6.54 Å². The van der Waals surface area contributed by atoms with Gasteiger partial charge in [0.2, 0.25) is 5.91 Å². The van der Waals surface area contributed by atoms with E-state index in [2.05, 4.69) is 5.32 Å². The number of aliphatic carboxylic acids is 1. The summed E-state index contributed by atoms with van der Waals surface area (Å²) in [5.74, 6) is -1.21. The molecule has 1 fully saturated rings. The molecule has 1 aliphatic rings. The lowest BCUT2D eigenvalue weighted by atomic mass is 9.87. The van der Waals surface area contributed by atoms with Gasteiger partial charge in [-0.15, -0.1) is 0 Å². The molecular weight excluding hydrogens is 274 g/mol. The molecule has 0 aliphatic carbocycles. The molecule has 120 valence electrons. The molecule has 1 heterocycles. The van der Waals surface area contributed by atoms with Crippen molar-refractivity contribution in [3.63, 3.8) is 0 Å². The number of carboxylic acid groups (broad SMARTS) is 1. The number of primary amides is 1. The number of carbonyl (C=O) groups is 3. The molecule has 1 saturated heterocycles. The fourth-order valence-corrected chi connectivity index (χ4v) is 2.75. The van der Waals surface area contributed by atoms with Crippen LogP contribution in [0.3, 0.4) is 0 Å². The molecule has 2 atom stereocenters. The van der Waals surface area contributed by atoms with E-state index in [1.807, 2.05) is 13.8 Å². The van der Waals surface area contributed by atoms with Gasteiger partial charge in [0.1, 0.15) is 11.6 Å². The minimum Gasteiger partial charge on any atom is -0.480 e. The average Bonchev–Trinajstić information content (AvgIpc) is 2.36. The van der Waals surface area contributed by atoms with Crippen molar-refractivity contribution in [2.24, 2.45) is 11.7 Å².